The van der Waals surface area contributed by atoms with E-state index < -0.39 is 6.04 Å². The van der Waals surface area contributed by atoms with Crippen LogP contribution >= 0.6 is 11.8 Å². The van der Waals surface area contributed by atoms with E-state index in [2.05, 4.69) is 24.1 Å². The van der Waals surface area contributed by atoms with Gasteiger partial charge in [-0.2, -0.15) is 4.98 Å². The Morgan fingerprint density at radius 3 is 2.57 bits per heavy atom. The summed E-state index contributed by atoms with van der Waals surface area (Å²) in [7, 11) is 0. The third kappa shape index (κ3) is 6.06. The summed E-state index contributed by atoms with van der Waals surface area (Å²) in [5, 5.41) is 8.73. The van der Waals surface area contributed by atoms with Gasteiger partial charge in [0.15, 0.2) is 0 Å². The molecular formula is C27H32N4O3S. The molecule has 1 aliphatic heterocycles. The maximum absolute atomic E-state index is 13.4. The van der Waals surface area contributed by atoms with Crippen molar-refractivity contribution in [2.24, 2.45) is 0 Å². The Morgan fingerprint density at radius 2 is 1.86 bits per heavy atom. The number of ether oxygens (including phenoxy) is 2. The lowest BCUT2D eigenvalue weighted by atomic mass is 9.95. The normalized spacial score (nSPS) is 14.9. The average molecular weight is 493 g/mol. The van der Waals surface area contributed by atoms with E-state index in [9.17, 15) is 4.79 Å². The second-order valence-electron chi connectivity index (χ2n) is 8.41. The molecule has 4 rings (SSSR count). The van der Waals surface area contributed by atoms with Crippen LogP contribution in [-0.4, -0.2) is 33.1 Å². The maximum Gasteiger partial charge on any atom is 0.338 e. The number of allylic oxidation sites excluding steroid dienone is 1. The van der Waals surface area contributed by atoms with Crippen molar-refractivity contribution in [3.05, 3.63) is 77.0 Å². The second-order valence-corrected chi connectivity index (χ2v) is 9.47. The van der Waals surface area contributed by atoms with Crippen molar-refractivity contribution in [3.8, 4) is 5.75 Å². The number of benzene rings is 2. The summed E-state index contributed by atoms with van der Waals surface area (Å²) in [4.78, 5) is 18.1. The maximum atomic E-state index is 13.4. The zero-order chi connectivity index (χ0) is 24.6. The van der Waals surface area contributed by atoms with Crippen molar-refractivity contribution >= 4 is 23.7 Å². The molecule has 0 aliphatic carbocycles. The number of hydrogen-bond acceptors (Lipinski definition) is 7. The zero-order valence-electron chi connectivity index (χ0n) is 20.5. The number of nitrogens with zero attached hydrogens (tertiary/aromatic N) is 3. The highest BCUT2D eigenvalue weighted by Crippen LogP contribution is 2.37. The molecule has 0 radical (unpaired) electrons. The number of thioether (sulfide) groups is 1. The Morgan fingerprint density at radius 1 is 1.09 bits per heavy atom. The lowest BCUT2D eigenvalue weighted by Crippen LogP contribution is -2.29. The number of rotatable bonds is 11. The minimum atomic E-state index is -0.456. The molecule has 0 fully saturated rings. The quantitative estimate of drug-likeness (QED) is 0.200. The van der Waals surface area contributed by atoms with Crippen molar-refractivity contribution in [2.75, 3.05) is 17.7 Å². The molecule has 1 unspecified atom stereocenters. The number of aromatic nitrogens is 3. The standard InChI is InChI=1S/C27H32N4O3S/c1-4-6-17-35-27-29-26-28-19(3)23(25(32)34-18-20-10-8-7-9-11-20)24(31(26)30-27)21-12-14-22(15-13-21)33-16-5-2/h7-15,24H,4-6,16-18H2,1-3H3,(H,28,29,30). The summed E-state index contributed by atoms with van der Waals surface area (Å²) in [6.07, 6.45) is 3.15. The molecule has 2 heterocycles. The van der Waals surface area contributed by atoms with Crippen molar-refractivity contribution < 1.29 is 14.3 Å². The van der Waals surface area contributed by atoms with E-state index in [0.29, 0.717) is 29.0 Å². The highest BCUT2D eigenvalue weighted by molar-refractivity contribution is 7.99. The first-order valence-electron chi connectivity index (χ1n) is 12.1. The zero-order valence-corrected chi connectivity index (χ0v) is 21.3. The van der Waals surface area contributed by atoms with E-state index in [4.69, 9.17) is 14.6 Å². The summed E-state index contributed by atoms with van der Waals surface area (Å²) in [5.41, 5.74) is 3.08. The Kier molecular flexibility index (Phi) is 8.47. The number of carbonyl (C=O) groups is 1. The molecule has 184 valence electrons. The van der Waals surface area contributed by atoms with E-state index in [-0.39, 0.29) is 12.6 Å². The third-order valence-electron chi connectivity index (χ3n) is 5.66. The van der Waals surface area contributed by atoms with Gasteiger partial charge in [-0.1, -0.05) is 74.5 Å². The number of fused-ring (bicyclic) bond motifs is 1. The molecule has 35 heavy (non-hydrogen) atoms. The smallest absolute Gasteiger partial charge is 0.338 e. The number of nitrogens with one attached hydrogen (secondary N) is 1. The molecule has 0 amide bonds. The molecule has 0 saturated heterocycles. The predicted molar refractivity (Wildman–Crippen MR) is 139 cm³/mol. The van der Waals surface area contributed by atoms with Crippen LogP contribution in [0.2, 0.25) is 0 Å². The molecule has 1 atom stereocenters. The molecule has 3 aromatic rings. The molecule has 7 nitrogen and oxygen atoms in total. The lowest BCUT2D eigenvalue weighted by Gasteiger charge is -2.28. The van der Waals surface area contributed by atoms with E-state index >= 15 is 0 Å². The van der Waals surface area contributed by atoms with Crippen LogP contribution in [0.25, 0.3) is 0 Å². The van der Waals surface area contributed by atoms with Gasteiger partial charge in [-0.3, -0.25) is 0 Å². The lowest BCUT2D eigenvalue weighted by molar-refractivity contribution is -0.140. The molecular weight excluding hydrogens is 460 g/mol. The van der Waals surface area contributed by atoms with Gasteiger partial charge in [0.1, 0.15) is 18.4 Å². The Balaban J connectivity index is 1.64. The van der Waals surface area contributed by atoms with E-state index in [0.717, 1.165) is 41.9 Å². The van der Waals surface area contributed by atoms with Crippen LogP contribution in [0.5, 0.6) is 5.75 Å². The summed E-state index contributed by atoms with van der Waals surface area (Å²) >= 11 is 1.63. The van der Waals surface area contributed by atoms with Crippen LogP contribution in [0.4, 0.5) is 5.95 Å². The molecule has 1 aliphatic rings. The van der Waals surface area contributed by atoms with Gasteiger partial charge < -0.3 is 14.8 Å². The van der Waals surface area contributed by atoms with Crippen LogP contribution in [0.1, 0.15) is 57.2 Å². The van der Waals surface area contributed by atoms with Crippen molar-refractivity contribution in [2.45, 2.75) is 57.8 Å². The fourth-order valence-electron chi connectivity index (χ4n) is 3.84. The first-order chi connectivity index (χ1) is 17.1. The first-order valence-corrected chi connectivity index (χ1v) is 13.1. The number of hydrogen-bond donors (Lipinski definition) is 1. The number of esters is 1. The van der Waals surface area contributed by atoms with Gasteiger partial charge in [0.25, 0.3) is 0 Å². The molecule has 0 spiro atoms. The van der Waals surface area contributed by atoms with E-state index in [1.807, 2.05) is 61.5 Å². The minimum absolute atomic E-state index is 0.204. The van der Waals surface area contributed by atoms with Crippen molar-refractivity contribution in [1.82, 2.24) is 14.8 Å². The number of anilines is 1. The summed E-state index contributed by atoms with van der Waals surface area (Å²) in [6, 6.07) is 17.1. The van der Waals surface area contributed by atoms with Crippen LogP contribution < -0.4 is 10.1 Å². The van der Waals surface area contributed by atoms with Gasteiger partial charge in [-0.05, 0) is 43.0 Å². The molecule has 2 aromatic carbocycles. The highest BCUT2D eigenvalue weighted by atomic mass is 32.2. The fraction of sp³-hybridized carbons (Fsp3) is 0.370. The molecule has 8 heteroatoms. The molecule has 0 bridgehead atoms. The average Bonchev–Trinajstić information content (AvgIpc) is 3.28. The van der Waals surface area contributed by atoms with Gasteiger partial charge in [-0.25, -0.2) is 9.48 Å². The van der Waals surface area contributed by atoms with Crippen LogP contribution in [0.3, 0.4) is 0 Å². The Bertz CT molecular complexity index is 1160. The highest BCUT2D eigenvalue weighted by Gasteiger charge is 2.35. The van der Waals surface area contributed by atoms with Gasteiger partial charge in [-0.15, -0.1) is 5.10 Å². The summed E-state index contributed by atoms with van der Waals surface area (Å²) in [6.45, 7) is 6.99. The Labute approximate surface area is 210 Å². The number of unbranched alkanes of at least 4 members (excludes halogenated alkanes) is 1. The molecule has 1 aromatic heterocycles. The summed E-state index contributed by atoms with van der Waals surface area (Å²) in [5.74, 6) is 1.99. The Hall–Kier alpha value is -3.26. The van der Waals surface area contributed by atoms with E-state index in [1.165, 1.54) is 0 Å². The van der Waals surface area contributed by atoms with Crippen LogP contribution in [0.15, 0.2) is 71.0 Å². The largest absolute Gasteiger partial charge is 0.494 e. The topological polar surface area (TPSA) is 78.3 Å². The number of carbonyl (C=O) groups excluding carboxylic acids is 1. The van der Waals surface area contributed by atoms with Gasteiger partial charge in [0.2, 0.25) is 11.1 Å². The first kappa shape index (κ1) is 24.9. The van der Waals surface area contributed by atoms with Crippen molar-refractivity contribution in [3.63, 3.8) is 0 Å². The predicted octanol–water partition coefficient (Wildman–Crippen LogP) is 5.99. The molecule has 1 N–H and O–H groups in total. The second kappa shape index (κ2) is 11.9. The summed E-state index contributed by atoms with van der Waals surface area (Å²) < 4.78 is 13.3. The fourth-order valence-corrected chi connectivity index (χ4v) is 4.75. The van der Waals surface area contributed by atoms with Crippen LogP contribution in [-0.2, 0) is 16.1 Å². The van der Waals surface area contributed by atoms with Gasteiger partial charge in [0, 0.05) is 11.4 Å². The van der Waals surface area contributed by atoms with Gasteiger partial charge >= 0.3 is 5.97 Å². The van der Waals surface area contributed by atoms with Crippen molar-refractivity contribution in [1.29, 1.82) is 0 Å². The van der Waals surface area contributed by atoms with Crippen LogP contribution in [0, 0.1) is 0 Å². The monoisotopic (exact) mass is 492 g/mol. The van der Waals surface area contributed by atoms with Gasteiger partial charge in [0.05, 0.1) is 12.2 Å². The SMILES string of the molecule is CCCCSc1nc2n(n1)C(c1ccc(OCCC)cc1)C(C(=O)OCc1ccccc1)=C(C)N2. The van der Waals surface area contributed by atoms with E-state index in [1.54, 1.807) is 16.4 Å². The minimum Gasteiger partial charge on any atom is -0.494 e. The molecule has 0 saturated carbocycles. The third-order valence-corrected chi connectivity index (χ3v) is 6.59.